The smallest absolute Gasteiger partial charge is 0.126 e. The van der Waals surface area contributed by atoms with Crippen molar-refractivity contribution in [3.63, 3.8) is 0 Å². The van der Waals surface area contributed by atoms with Crippen molar-refractivity contribution in [2.24, 2.45) is 0 Å². The van der Waals surface area contributed by atoms with E-state index < -0.39 is 0 Å². The molecule has 28 heavy (non-hydrogen) atoms. The molecular formula is C24H27BS3. The van der Waals surface area contributed by atoms with Gasteiger partial charge in [0, 0.05) is 14.7 Å². The van der Waals surface area contributed by atoms with Crippen LogP contribution in [0.1, 0.15) is 20.8 Å². The van der Waals surface area contributed by atoms with Gasteiger partial charge in [-0.25, -0.2) is 0 Å². The highest BCUT2D eigenvalue weighted by atomic mass is 32.2. The molecule has 0 saturated heterocycles. The third-order valence-electron chi connectivity index (χ3n) is 4.57. The van der Waals surface area contributed by atoms with Crippen LogP contribution in [0.15, 0.2) is 87.5 Å². The summed E-state index contributed by atoms with van der Waals surface area (Å²) in [7, 11) is 0. The van der Waals surface area contributed by atoms with E-state index >= 15 is 0 Å². The first-order chi connectivity index (χ1) is 13.7. The standard InChI is InChI=1S/C24H27BS3/c1-4-26-22-13-7-19(8-14-22)25(20-9-15-23(16-10-20)27-5-2)21-11-17-24(18-12-21)28-6-3/h7-18H,4-6H2,1-3H3. The van der Waals surface area contributed by atoms with Crippen LogP contribution in [-0.2, 0) is 0 Å². The maximum Gasteiger partial charge on any atom is 0.241 e. The first-order valence-electron chi connectivity index (χ1n) is 9.93. The van der Waals surface area contributed by atoms with Crippen LogP contribution in [-0.4, -0.2) is 24.0 Å². The fourth-order valence-corrected chi connectivity index (χ4v) is 5.33. The average Bonchev–Trinajstić information content (AvgIpc) is 2.73. The minimum Gasteiger partial charge on any atom is -0.126 e. The van der Waals surface area contributed by atoms with E-state index in [0.717, 1.165) is 17.3 Å². The van der Waals surface area contributed by atoms with Crippen LogP contribution in [0.5, 0.6) is 0 Å². The zero-order valence-electron chi connectivity index (χ0n) is 16.9. The molecule has 0 bridgehead atoms. The Kier molecular flexibility index (Phi) is 8.51. The van der Waals surface area contributed by atoms with Gasteiger partial charge >= 0.3 is 0 Å². The van der Waals surface area contributed by atoms with E-state index in [-0.39, 0.29) is 6.71 Å². The minimum absolute atomic E-state index is 0.266. The molecule has 3 rings (SSSR count). The van der Waals surface area contributed by atoms with Crippen LogP contribution in [0.25, 0.3) is 0 Å². The number of hydrogen-bond donors (Lipinski definition) is 0. The van der Waals surface area contributed by atoms with Gasteiger partial charge in [0.1, 0.15) is 0 Å². The Labute approximate surface area is 183 Å². The molecule has 0 aliphatic heterocycles. The van der Waals surface area contributed by atoms with Crippen LogP contribution < -0.4 is 16.4 Å². The molecule has 0 radical (unpaired) electrons. The molecule has 0 N–H and O–H groups in total. The average molecular weight is 422 g/mol. The number of benzene rings is 3. The third kappa shape index (κ3) is 5.65. The molecule has 0 saturated carbocycles. The van der Waals surface area contributed by atoms with E-state index in [1.54, 1.807) is 0 Å². The van der Waals surface area contributed by atoms with E-state index in [1.165, 1.54) is 31.1 Å². The second-order valence-corrected chi connectivity index (χ2v) is 10.5. The molecule has 0 atom stereocenters. The zero-order chi connectivity index (χ0) is 19.8. The summed E-state index contributed by atoms with van der Waals surface area (Å²) in [6, 6.07) is 27.4. The Bertz CT molecular complexity index is 725. The van der Waals surface area contributed by atoms with Crippen molar-refractivity contribution in [3.8, 4) is 0 Å². The van der Waals surface area contributed by atoms with E-state index in [4.69, 9.17) is 0 Å². The van der Waals surface area contributed by atoms with Gasteiger partial charge < -0.3 is 0 Å². The van der Waals surface area contributed by atoms with Crippen LogP contribution in [0, 0.1) is 0 Å². The van der Waals surface area contributed by atoms with Gasteiger partial charge in [-0.1, -0.05) is 73.6 Å². The number of thioether (sulfide) groups is 3. The van der Waals surface area contributed by atoms with Crippen molar-refractivity contribution in [1.82, 2.24) is 0 Å². The molecule has 0 aliphatic carbocycles. The quantitative estimate of drug-likeness (QED) is 0.328. The number of rotatable bonds is 9. The van der Waals surface area contributed by atoms with Gasteiger partial charge in [-0.3, -0.25) is 0 Å². The lowest BCUT2D eigenvalue weighted by Gasteiger charge is -2.17. The van der Waals surface area contributed by atoms with E-state index in [2.05, 4.69) is 93.6 Å². The Morgan fingerprint density at radius 1 is 0.464 bits per heavy atom. The summed E-state index contributed by atoms with van der Waals surface area (Å²) in [6.07, 6.45) is 0. The molecule has 0 heterocycles. The molecule has 3 aromatic rings. The maximum atomic E-state index is 2.30. The normalized spacial score (nSPS) is 10.8. The summed E-state index contributed by atoms with van der Waals surface area (Å²) in [4.78, 5) is 4.03. The van der Waals surface area contributed by atoms with Crippen molar-refractivity contribution >= 4 is 58.4 Å². The Morgan fingerprint density at radius 2 is 0.714 bits per heavy atom. The molecule has 0 unspecified atom stereocenters. The van der Waals surface area contributed by atoms with Crippen LogP contribution in [0.4, 0.5) is 0 Å². The summed E-state index contributed by atoms with van der Waals surface area (Å²) in [5, 5.41) is 0. The van der Waals surface area contributed by atoms with Gasteiger partial charge in [0.2, 0.25) is 6.71 Å². The molecule has 0 amide bonds. The molecule has 144 valence electrons. The summed E-state index contributed by atoms with van der Waals surface area (Å²) >= 11 is 5.69. The van der Waals surface area contributed by atoms with Crippen molar-refractivity contribution < 1.29 is 0 Å². The van der Waals surface area contributed by atoms with E-state index in [9.17, 15) is 0 Å². The molecule has 0 aromatic heterocycles. The van der Waals surface area contributed by atoms with E-state index in [1.807, 2.05) is 35.3 Å². The van der Waals surface area contributed by atoms with Gasteiger partial charge in [-0.2, -0.15) is 0 Å². The molecule has 4 heteroatoms. The predicted molar refractivity (Wildman–Crippen MR) is 133 cm³/mol. The zero-order valence-corrected chi connectivity index (χ0v) is 19.3. The lowest BCUT2D eigenvalue weighted by molar-refractivity contribution is 1.43. The predicted octanol–water partition coefficient (Wildman–Crippen LogP) is 5.54. The topological polar surface area (TPSA) is 0 Å². The summed E-state index contributed by atoms with van der Waals surface area (Å²) < 4.78 is 0. The summed E-state index contributed by atoms with van der Waals surface area (Å²) in [5.74, 6) is 3.32. The second kappa shape index (κ2) is 11.1. The molecule has 3 aromatic carbocycles. The Balaban J connectivity index is 1.97. The summed E-state index contributed by atoms with van der Waals surface area (Å²) in [6.45, 7) is 6.87. The van der Waals surface area contributed by atoms with Crippen molar-refractivity contribution in [3.05, 3.63) is 72.8 Å². The summed E-state index contributed by atoms with van der Waals surface area (Å²) in [5.41, 5.74) is 4.06. The molecule has 0 nitrogen and oxygen atoms in total. The minimum atomic E-state index is 0.266. The largest absolute Gasteiger partial charge is 0.241 e. The van der Waals surface area contributed by atoms with Gasteiger partial charge in [-0.05, 0) is 53.7 Å². The highest BCUT2D eigenvalue weighted by Crippen LogP contribution is 2.18. The first kappa shape index (κ1) is 21.5. The SMILES string of the molecule is CCSc1ccc(B(c2ccc(SCC)cc2)c2ccc(SCC)cc2)cc1. The monoisotopic (exact) mass is 422 g/mol. The van der Waals surface area contributed by atoms with E-state index in [0.29, 0.717) is 0 Å². The van der Waals surface area contributed by atoms with Gasteiger partial charge in [0.25, 0.3) is 0 Å². The highest BCUT2D eigenvalue weighted by Gasteiger charge is 2.21. The van der Waals surface area contributed by atoms with Gasteiger partial charge in [0.05, 0.1) is 0 Å². The fourth-order valence-electron chi connectivity index (χ4n) is 3.35. The highest BCUT2D eigenvalue weighted by molar-refractivity contribution is 7.99. The molecule has 0 fully saturated rings. The fraction of sp³-hybridized carbons (Fsp3) is 0.250. The molecule has 0 spiro atoms. The lowest BCUT2D eigenvalue weighted by atomic mass is 9.37. The van der Waals surface area contributed by atoms with Crippen LogP contribution >= 0.6 is 35.3 Å². The Hall–Kier alpha value is -1.23. The number of hydrogen-bond acceptors (Lipinski definition) is 3. The lowest BCUT2D eigenvalue weighted by Crippen LogP contribution is -2.51. The van der Waals surface area contributed by atoms with Gasteiger partial charge in [0.15, 0.2) is 0 Å². The van der Waals surface area contributed by atoms with Crippen molar-refractivity contribution in [2.75, 3.05) is 17.3 Å². The third-order valence-corrected chi connectivity index (χ3v) is 7.26. The van der Waals surface area contributed by atoms with Crippen molar-refractivity contribution in [1.29, 1.82) is 0 Å². The van der Waals surface area contributed by atoms with Crippen LogP contribution in [0.2, 0.25) is 0 Å². The maximum absolute atomic E-state index is 2.30. The van der Waals surface area contributed by atoms with Crippen molar-refractivity contribution in [2.45, 2.75) is 35.5 Å². The Morgan fingerprint density at radius 3 is 0.929 bits per heavy atom. The van der Waals surface area contributed by atoms with Gasteiger partial charge in [-0.15, -0.1) is 35.3 Å². The van der Waals surface area contributed by atoms with Crippen LogP contribution in [0.3, 0.4) is 0 Å². The second-order valence-electron chi connectivity index (χ2n) is 6.44. The first-order valence-corrected chi connectivity index (χ1v) is 12.9. The molecule has 0 aliphatic rings. The molecular weight excluding hydrogens is 395 g/mol.